The predicted octanol–water partition coefficient (Wildman–Crippen LogP) is 3.16. The topological polar surface area (TPSA) is 215 Å². The van der Waals surface area contributed by atoms with Crippen molar-refractivity contribution in [3.8, 4) is 11.1 Å². The van der Waals surface area contributed by atoms with Crippen LogP contribution in [0.2, 0.25) is 0 Å². The zero-order valence-electron chi connectivity index (χ0n) is 36.0. The van der Waals surface area contributed by atoms with E-state index in [1.165, 1.54) is 5.06 Å². The summed E-state index contributed by atoms with van der Waals surface area (Å²) in [6.07, 6.45) is 6.63. The minimum absolute atomic E-state index is 0.00917. The lowest BCUT2D eigenvalue weighted by Crippen LogP contribution is -2.34. The Hall–Kier alpha value is -3.86. The lowest BCUT2D eigenvalue weighted by molar-refractivity contribution is -0.180. The van der Waals surface area contributed by atoms with Crippen molar-refractivity contribution < 1.29 is 66.9 Å². The molecule has 2 aromatic rings. The van der Waals surface area contributed by atoms with Gasteiger partial charge in [0.2, 0.25) is 0 Å². The number of amides is 1. The molecule has 0 saturated carbocycles. The van der Waals surface area contributed by atoms with Gasteiger partial charge in [-0.1, -0.05) is 19.1 Å². The van der Waals surface area contributed by atoms with Crippen molar-refractivity contribution in [3.05, 3.63) is 41.7 Å². The number of carbonyl (C=O) groups excluding carboxylic acids is 1. The fraction of sp³-hybridized carbons (Fsp3) is 0.667. The lowest BCUT2D eigenvalue weighted by Gasteiger charge is -2.21. The van der Waals surface area contributed by atoms with Crippen LogP contribution in [0.15, 0.2) is 41.2 Å². The number of carboxylic acids is 1. The van der Waals surface area contributed by atoms with Crippen molar-refractivity contribution >= 4 is 29.5 Å². The third-order valence-corrected chi connectivity index (χ3v) is 8.45. The average molecular weight is 866 g/mol. The van der Waals surface area contributed by atoms with Gasteiger partial charge in [0.25, 0.3) is 5.91 Å². The number of hydroxylamine groups is 2. The molecule has 3 rings (SSSR count). The largest absolute Gasteiger partial charge is 0.481 e. The summed E-state index contributed by atoms with van der Waals surface area (Å²) in [6, 6.07) is 5.89. The molecular weight excluding hydrogens is 798 g/mol. The molecule has 1 aliphatic rings. The Labute approximate surface area is 359 Å². The number of aliphatic carboxylic acids is 1. The van der Waals surface area contributed by atoms with Gasteiger partial charge in [-0.3, -0.25) is 19.1 Å². The fourth-order valence-electron chi connectivity index (χ4n) is 5.49. The maximum Gasteiger partial charge on any atom is 0.305 e. The zero-order chi connectivity index (χ0) is 43.6. The molecule has 0 atom stereocenters. The van der Waals surface area contributed by atoms with Gasteiger partial charge in [-0.2, -0.15) is 5.10 Å². The quantitative estimate of drug-likeness (QED) is 0.0729. The minimum atomic E-state index is -0.879. The number of aromatic nitrogens is 2. The first-order chi connectivity index (χ1) is 29.9. The molecule has 344 valence electrons. The van der Waals surface area contributed by atoms with Gasteiger partial charge in [0.15, 0.2) is 0 Å². The average Bonchev–Trinajstić information content (AvgIpc) is 3.65. The Morgan fingerprint density at radius 1 is 0.689 bits per heavy atom. The van der Waals surface area contributed by atoms with E-state index in [0.29, 0.717) is 162 Å². The summed E-state index contributed by atoms with van der Waals surface area (Å²) in [5.74, 6) is -0.708. The molecule has 61 heavy (non-hydrogen) atoms. The van der Waals surface area contributed by atoms with Crippen LogP contribution >= 0.6 is 0 Å². The third kappa shape index (κ3) is 23.8. The molecule has 0 radical (unpaired) electrons. The highest BCUT2D eigenvalue weighted by atomic mass is 16.7. The molecule has 0 saturated heterocycles. The molecule has 1 amide bonds. The summed E-state index contributed by atoms with van der Waals surface area (Å²) in [5, 5.41) is 14.4. The molecule has 19 heteroatoms. The molecule has 2 heterocycles. The molecule has 1 aliphatic heterocycles. The van der Waals surface area contributed by atoms with Gasteiger partial charge in [-0.05, 0) is 31.1 Å². The van der Waals surface area contributed by atoms with Crippen LogP contribution in [-0.4, -0.2) is 183 Å². The standard InChI is InChI=1S/C42H67N5O14/c1-3-8-47(61-4-2)42(50)37-30-36-6-5-35(31-39(36)45-40(43)32-37)38-33-44-46(34-38)9-11-52-13-15-54-17-19-56-21-23-58-25-27-60-29-28-59-26-24-57-22-20-55-18-16-53-14-12-51-10-7-41(48)49/h5-6,30-31,33-34H,3-4,7-29,32H2,1-2H3,(H2,43,45)(H,48,49). The molecule has 3 N–H and O–H groups in total. The van der Waals surface area contributed by atoms with Gasteiger partial charge >= 0.3 is 5.97 Å². The van der Waals surface area contributed by atoms with E-state index in [4.69, 9.17) is 63.0 Å². The van der Waals surface area contributed by atoms with E-state index in [1.54, 1.807) is 6.20 Å². The van der Waals surface area contributed by atoms with Crippen LogP contribution in [0.3, 0.4) is 0 Å². The number of ether oxygens (including phenoxy) is 10. The number of hydrogen-bond acceptors (Lipinski definition) is 16. The second-order valence-electron chi connectivity index (χ2n) is 13.3. The first-order valence-electron chi connectivity index (χ1n) is 21.1. The van der Waals surface area contributed by atoms with E-state index in [1.807, 2.05) is 49.0 Å². The number of nitrogens with two attached hydrogens (primary N) is 1. The van der Waals surface area contributed by atoms with Gasteiger partial charge in [0, 0.05) is 35.9 Å². The Balaban J connectivity index is 1.08. The van der Waals surface area contributed by atoms with Crippen LogP contribution in [0.4, 0.5) is 5.69 Å². The van der Waals surface area contributed by atoms with Gasteiger partial charge in [0.1, 0.15) is 5.84 Å². The second-order valence-corrected chi connectivity index (χ2v) is 13.3. The number of hydrogen-bond donors (Lipinski definition) is 2. The molecule has 1 aromatic heterocycles. The van der Waals surface area contributed by atoms with E-state index in [2.05, 4.69) is 10.1 Å². The van der Waals surface area contributed by atoms with Crippen molar-refractivity contribution in [1.82, 2.24) is 14.8 Å². The van der Waals surface area contributed by atoms with Crippen molar-refractivity contribution in [2.45, 2.75) is 39.7 Å². The smallest absolute Gasteiger partial charge is 0.305 e. The van der Waals surface area contributed by atoms with Crippen molar-refractivity contribution in [2.75, 3.05) is 145 Å². The number of carbonyl (C=O) groups is 2. The van der Waals surface area contributed by atoms with Crippen LogP contribution in [0.1, 0.15) is 38.7 Å². The highest BCUT2D eigenvalue weighted by Gasteiger charge is 2.22. The van der Waals surface area contributed by atoms with Crippen molar-refractivity contribution in [3.63, 3.8) is 0 Å². The van der Waals surface area contributed by atoms with Gasteiger partial charge in [-0.15, -0.1) is 0 Å². The summed E-state index contributed by atoms with van der Waals surface area (Å²) in [7, 11) is 0. The molecular formula is C42H67N5O14. The minimum Gasteiger partial charge on any atom is -0.481 e. The molecule has 0 aliphatic carbocycles. The highest BCUT2D eigenvalue weighted by molar-refractivity contribution is 6.05. The number of aliphatic imine (C=N–C) groups is 1. The number of nitrogens with zero attached hydrogens (tertiary/aromatic N) is 4. The fourth-order valence-corrected chi connectivity index (χ4v) is 5.49. The summed E-state index contributed by atoms with van der Waals surface area (Å²) in [5.41, 5.74) is 10.2. The highest BCUT2D eigenvalue weighted by Crippen LogP contribution is 2.32. The Morgan fingerprint density at radius 3 is 1.62 bits per heavy atom. The van der Waals surface area contributed by atoms with E-state index in [9.17, 15) is 9.59 Å². The summed E-state index contributed by atoms with van der Waals surface area (Å²) < 4.78 is 56.5. The van der Waals surface area contributed by atoms with Crippen LogP contribution in [0.5, 0.6) is 0 Å². The number of amidine groups is 1. The molecule has 0 bridgehead atoms. The normalized spacial score (nSPS) is 12.6. The number of fused-ring (bicyclic) bond motifs is 1. The molecule has 0 spiro atoms. The van der Waals surface area contributed by atoms with E-state index in [-0.39, 0.29) is 25.4 Å². The van der Waals surface area contributed by atoms with Crippen LogP contribution in [-0.2, 0) is 68.3 Å². The first kappa shape index (κ1) is 51.5. The molecule has 0 unspecified atom stereocenters. The van der Waals surface area contributed by atoms with Gasteiger partial charge < -0.3 is 58.2 Å². The van der Waals surface area contributed by atoms with Gasteiger partial charge in [0.05, 0.1) is 164 Å². The maximum absolute atomic E-state index is 13.2. The Morgan fingerprint density at radius 2 is 1.16 bits per heavy atom. The number of benzene rings is 1. The summed E-state index contributed by atoms with van der Waals surface area (Å²) in [6.45, 7) is 14.2. The maximum atomic E-state index is 13.2. The molecule has 19 nitrogen and oxygen atoms in total. The SMILES string of the molecule is CCCN(OCC)C(=O)C1=Cc2ccc(-c3cnn(CCOCCOCCOCCOCCOCCOCCOCCOCCOCCOCCC(=O)O)c3)cc2N=C(N)C1. The van der Waals surface area contributed by atoms with Gasteiger partial charge in [-0.25, -0.2) is 10.1 Å². The monoisotopic (exact) mass is 865 g/mol. The molecule has 0 fully saturated rings. The Bertz CT molecular complexity index is 1540. The third-order valence-electron chi connectivity index (χ3n) is 8.45. The first-order valence-corrected chi connectivity index (χ1v) is 21.1. The van der Waals surface area contributed by atoms with E-state index < -0.39 is 5.97 Å². The van der Waals surface area contributed by atoms with Crippen LogP contribution < -0.4 is 5.73 Å². The van der Waals surface area contributed by atoms with Crippen LogP contribution in [0.25, 0.3) is 17.2 Å². The predicted molar refractivity (Wildman–Crippen MR) is 226 cm³/mol. The zero-order valence-corrected chi connectivity index (χ0v) is 36.0. The Kier molecular flexibility index (Phi) is 28.5. The van der Waals surface area contributed by atoms with E-state index in [0.717, 1.165) is 23.1 Å². The van der Waals surface area contributed by atoms with Crippen molar-refractivity contribution in [2.24, 2.45) is 10.7 Å². The number of rotatable bonds is 39. The van der Waals surface area contributed by atoms with Crippen LogP contribution in [0, 0.1) is 0 Å². The lowest BCUT2D eigenvalue weighted by atomic mass is 10.0. The second kappa shape index (κ2) is 33.7. The molecule has 1 aromatic carbocycles. The summed E-state index contributed by atoms with van der Waals surface area (Å²) >= 11 is 0. The van der Waals surface area contributed by atoms with Crippen molar-refractivity contribution in [1.29, 1.82) is 0 Å². The van der Waals surface area contributed by atoms with E-state index >= 15 is 0 Å². The summed E-state index contributed by atoms with van der Waals surface area (Å²) in [4.78, 5) is 33.7. The number of carboxylic acid groups (broad SMARTS) is 1.